The van der Waals surface area contributed by atoms with Crippen LogP contribution in [0.3, 0.4) is 0 Å². The van der Waals surface area contributed by atoms with Crippen molar-refractivity contribution in [2.24, 2.45) is 0 Å². The number of amides is 2. The number of nitrogens with zero attached hydrogens (tertiary/aromatic N) is 2. The first-order valence-electron chi connectivity index (χ1n) is 8.60. The zero-order valence-electron chi connectivity index (χ0n) is 14.0. The summed E-state index contributed by atoms with van der Waals surface area (Å²) in [4.78, 5) is 40.0. The summed E-state index contributed by atoms with van der Waals surface area (Å²) in [6.45, 7) is 2.89. The van der Waals surface area contributed by atoms with Crippen molar-refractivity contribution in [3.05, 3.63) is 35.6 Å². The highest BCUT2D eigenvalue weighted by molar-refractivity contribution is 6.36. The summed E-state index contributed by atoms with van der Waals surface area (Å²) in [6.07, 6.45) is 2.39. The highest BCUT2D eigenvalue weighted by Crippen LogP contribution is 2.27. The average Bonchev–Trinajstić information content (AvgIpc) is 3.46. The molecule has 0 unspecified atom stereocenters. The highest BCUT2D eigenvalue weighted by atomic mass is 19.1. The molecule has 1 aliphatic heterocycles. The zero-order valence-corrected chi connectivity index (χ0v) is 14.0. The third-order valence-corrected chi connectivity index (χ3v) is 4.66. The molecule has 1 aromatic rings. The second-order valence-electron chi connectivity index (χ2n) is 6.56. The van der Waals surface area contributed by atoms with Gasteiger partial charge in [0.15, 0.2) is 0 Å². The Morgan fingerprint density at radius 1 is 1.04 bits per heavy atom. The van der Waals surface area contributed by atoms with E-state index in [9.17, 15) is 18.8 Å². The Balaban J connectivity index is 1.39. The van der Waals surface area contributed by atoms with Crippen molar-refractivity contribution < 1.29 is 18.8 Å². The van der Waals surface area contributed by atoms with E-state index in [-0.39, 0.29) is 18.9 Å². The third-order valence-electron chi connectivity index (χ3n) is 4.66. The van der Waals surface area contributed by atoms with Gasteiger partial charge < -0.3 is 10.2 Å². The molecule has 25 heavy (non-hydrogen) atoms. The SMILES string of the molecule is O=C(Cc1ccc(F)cc1)C(=O)NCC(=O)N1CCN(C2CC2)CC1. The predicted molar refractivity (Wildman–Crippen MR) is 89.3 cm³/mol. The van der Waals surface area contributed by atoms with E-state index in [1.165, 1.54) is 37.1 Å². The molecule has 0 radical (unpaired) electrons. The van der Waals surface area contributed by atoms with Crippen LogP contribution in [0, 0.1) is 5.82 Å². The predicted octanol–water partition coefficient (Wildman–Crippen LogP) is 0.360. The second kappa shape index (κ2) is 7.74. The third kappa shape index (κ3) is 4.85. The normalized spacial score (nSPS) is 18.0. The number of carbonyl (C=O) groups excluding carboxylic acids is 3. The lowest BCUT2D eigenvalue weighted by Crippen LogP contribution is -2.52. The monoisotopic (exact) mass is 347 g/mol. The minimum absolute atomic E-state index is 0.111. The zero-order chi connectivity index (χ0) is 17.8. The molecule has 2 fully saturated rings. The number of hydrogen-bond donors (Lipinski definition) is 1. The minimum Gasteiger partial charge on any atom is -0.340 e. The van der Waals surface area contributed by atoms with Crippen LogP contribution in [0.5, 0.6) is 0 Å². The Morgan fingerprint density at radius 2 is 1.68 bits per heavy atom. The number of halogens is 1. The van der Waals surface area contributed by atoms with Crippen LogP contribution in [-0.2, 0) is 20.8 Å². The molecule has 2 amide bonds. The number of rotatable bonds is 6. The van der Waals surface area contributed by atoms with Crippen molar-refractivity contribution >= 4 is 17.6 Å². The first-order chi connectivity index (χ1) is 12.0. The summed E-state index contributed by atoms with van der Waals surface area (Å²) in [7, 11) is 0. The Bertz CT molecular complexity index is 650. The molecule has 0 atom stereocenters. The molecular weight excluding hydrogens is 325 g/mol. The molecule has 0 aromatic heterocycles. The highest BCUT2D eigenvalue weighted by Gasteiger charge is 2.32. The molecule has 7 heteroatoms. The van der Waals surface area contributed by atoms with Crippen LogP contribution in [0.1, 0.15) is 18.4 Å². The van der Waals surface area contributed by atoms with Gasteiger partial charge >= 0.3 is 0 Å². The fourth-order valence-corrected chi connectivity index (χ4v) is 3.01. The Morgan fingerprint density at radius 3 is 2.28 bits per heavy atom. The lowest BCUT2D eigenvalue weighted by atomic mass is 10.1. The van der Waals surface area contributed by atoms with Crippen molar-refractivity contribution in [3.63, 3.8) is 0 Å². The summed E-state index contributed by atoms with van der Waals surface area (Å²) in [5.41, 5.74) is 0.559. The summed E-state index contributed by atoms with van der Waals surface area (Å²) >= 11 is 0. The Hall–Kier alpha value is -2.28. The van der Waals surface area contributed by atoms with Gasteiger partial charge in [0.1, 0.15) is 5.82 Å². The maximum atomic E-state index is 12.8. The molecule has 2 aliphatic rings. The minimum atomic E-state index is -0.783. The average molecular weight is 347 g/mol. The van der Waals surface area contributed by atoms with E-state index in [1.54, 1.807) is 4.90 Å². The topological polar surface area (TPSA) is 69.7 Å². The molecule has 1 N–H and O–H groups in total. The van der Waals surface area contributed by atoms with Gasteiger partial charge in [0.25, 0.3) is 5.91 Å². The van der Waals surface area contributed by atoms with Gasteiger partial charge in [-0.15, -0.1) is 0 Å². The van der Waals surface area contributed by atoms with E-state index in [2.05, 4.69) is 10.2 Å². The van der Waals surface area contributed by atoms with E-state index in [4.69, 9.17) is 0 Å². The van der Waals surface area contributed by atoms with Gasteiger partial charge in [0.2, 0.25) is 11.7 Å². The van der Waals surface area contributed by atoms with Crippen molar-refractivity contribution in [1.82, 2.24) is 15.1 Å². The molecule has 6 nitrogen and oxygen atoms in total. The number of nitrogens with one attached hydrogen (secondary N) is 1. The number of Topliss-reactive ketones (excluding diaryl/α,β-unsaturated/α-hetero) is 1. The fourth-order valence-electron chi connectivity index (χ4n) is 3.01. The largest absolute Gasteiger partial charge is 0.340 e. The van der Waals surface area contributed by atoms with Gasteiger partial charge in [-0.2, -0.15) is 0 Å². The van der Waals surface area contributed by atoms with Crippen molar-refractivity contribution in [2.75, 3.05) is 32.7 Å². The fraction of sp³-hybridized carbons (Fsp3) is 0.500. The van der Waals surface area contributed by atoms with Crippen molar-refractivity contribution in [1.29, 1.82) is 0 Å². The number of benzene rings is 1. The summed E-state index contributed by atoms with van der Waals surface area (Å²) in [6, 6.07) is 6.10. The van der Waals surface area contributed by atoms with E-state index >= 15 is 0 Å². The molecule has 0 bridgehead atoms. The maximum absolute atomic E-state index is 12.8. The van der Waals surface area contributed by atoms with Gasteiger partial charge in [-0.05, 0) is 30.5 Å². The van der Waals surface area contributed by atoms with Crippen LogP contribution >= 0.6 is 0 Å². The summed E-state index contributed by atoms with van der Waals surface area (Å²) in [5.74, 6) is -1.99. The second-order valence-corrected chi connectivity index (χ2v) is 6.56. The molecule has 1 aromatic carbocycles. The molecule has 3 rings (SSSR count). The first-order valence-corrected chi connectivity index (χ1v) is 8.60. The molecule has 1 heterocycles. The number of ketones is 1. The van der Waals surface area contributed by atoms with Gasteiger partial charge in [-0.25, -0.2) is 4.39 Å². The molecule has 1 saturated heterocycles. The van der Waals surface area contributed by atoms with Crippen LogP contribution in [0.4, 0.5) is 4.39 Å². The Labute approximate surface area is 146 Å². The number of carbonyl (C=O) groups is 3. The van der Waals surface area contributed by atoms with Crippen LogP contribution in [0.2, 0.25) is 0 Å². The van der Waals surface area contributed by atoms with E-state index < -0.39 is 17.5 Å². The lowest BCUT2D eigenvalue weighted by Gasteiger charge is -2.34. The smallest absolute Gasteiger partial charge is 0.288 e. The van der Waals surface area contributed by atoms with Crippen LogP contribution in [0.25, 0.3) is 0 Å². The van der Waals surface area contributed by atoms with Crippen LogP contribution in [0.15, 0.2) is 24.3 Å². The first kappa shape index (κ1) is 17.5. The van der Waals surface area contributed by atoms with Crippen LogP contribution < -0.4 is 5.32 Å². The molecule has 134 valence electrons. The molecule has 1 saturated carbocycles. The summed E-state index contributed by atoms with van der Waals surface area (Å²) in [5, 5.41) is 2.39. The molecule has 1 aliphatic carbocycles. The number of hydrogen-bond acceptors (Lipinski definition) is 4. The van der Waals surface area contributed by atoms with Gasteiger partial charge in [0, 0.05) is 38.6 Å². The van der Waals surface area contributed by atoms with Crippen molar-refractivity contribution in [2.45, 2.75) is 25.3 Å². The number of piperazine rings is 1. The van der Waals surface area contributed by atoms with E-state index in [0.29, 0.717) is 24.7 Å². The van der Waals surface area contributed by atoms with Gasteiger partial charge in [0.05, 0.1) is 6.54 Å². The van der Waals surface area contributed by atoms with Gasteiger partial charge in [-0.1, -0.05) is 12.1 Å². The van der Waals surface area contributed by atoms with Gasteiger partial charge in [-0.3, -0.25) is 19.3 Å². The quantitative estimate of drug-likeness (QED) is 0.755. The molecule has 0 spiro atoms. The van der Waals surface area contributed by atoms with E-state index in [0.717, 1.165) is 13.1 Å². The standard InChI is InChI=1S/C18H22FN3O3/c19-14-3-1-13(2-4-14)11-16(23)18(25)20-12-17(24)22-9-7-21(8-10-22)15-5-6-15/h1-4,15H,5-12H2,(H,20,25). The molecular formula is C18H22FN3O3. The maximum Gasteiger partial charge on any atom is 0.288 e. The van der Waals surface area contributed by atoms with E-state index in [1.807, 2.05) is 0 Å². The lowest BCUT2D eigenvalue weighted by molar-refractivity contribution is -0.139. The Kier molecular flexibility index (Phi) is 5.43. The van der Waals surface area contributed by atoms with Crippen molar-refractivity contribution in [3.8, 4) is 0 Å². The summed E-state index contributed by atoms with van der Waals surface area (Å²) < 4.78 is 12.8. The van der Waals surface area contributed by atoms with Crippen LogP contribution in [-0.4, -0.2) is 66.2 Å².